The van der Waals surface area contributed by atoms with Crippen LogP contribution < -0.4 is 4.72 Å². The van der Waals surface area contributed by atoms with Crippen molar-refractivity contribution < 1.29 is 13.2 Å². The maximum Gasteiger partial charge on any atom is 0.241 e. The van der Waals surface area contributed by atoms with E-state index in [9.17, 15) is 8.42 Å². The minimum atomic E-state index is -3.53. The fourth-order valence-electron chi connectivity index (χ4n) is 2.12. The third kappa shape index (κ3) is 3.02. The zero-order valence-electron chi connectivity index (χ0n) is 11.2. The number of nitrogens with one attached hydrogen (secondary N) is 1. The topological polar surface area (TPSA) is 55.4 Å². The molecule has 6 heteroatoms. The Kier molecular flexibility index (Phi) is 4.07. The average molecular weight is 348 g/mol. The molecule has 1 heterocycles. The predicted octanol–water partition coefficient (Wildman–Crippen LogP) is 2.60. The molecule has 0 spiro atoms. The molecule has 0 aliphatic carbocycles. The summed E-state index contributed by atoms with van der Waals surface area (Å²) in [6, 6.07) is 5.01. The van der Waals surface area contributed by atoms with Crippen LogP contribution in [-0.2, 0) is 14.8 Å². The Bertz CT molecular complexity index is 588. The fourth-order valence-corrected chi connectivity index (χ4v) is 3.94. The van der Waals surface area contributed by atoms with Gasteiger partial charge in [-0.1, -0.05) is 15.9 Å². The van der Waals surface area contributed by atoms with Crippen LogP contribution in [0.4, 0.5) is 0 Å². The smallest absolute Gasteiger partial charge is 0.241 e. The van der Waals surface area contributed by atoms with E-state index in [0.717, 1.165) is 10.0 Å². The van der Waals surface area contributed by atoms with Gasteiger partial charge >= 0.3 is 0 Å². The van der Waals surface area contributed by atoms with Crippen LogP contribution in [0.15, 0.2) is 27.6 Å². The van der Waals surface area contributed by atoms with Crippen molar-refractivity contribution in [2.75, 3.05) is 6.61 Å². The van der Waals surface area contributed by atoms with Crippen LogP contribution in [0.25, 0.3) is 0 Å². The van der Waals surface area contributed by atoms with E-state index in [1.165, 1.54) is 0 Å². The number of rotatable bonds is 3. The lowest BCUT2D eigenvalue weighted by molar-refractivity contribution is 0.0957. The summed E-state index contributed by atoms with van der Waals surface area (Å²) in [7, 11) is -3.53. The van der Waals surface area contributed by atoms with Crippen LogP contribution in [0.2, 0.25) is 0 Å². The van der Waals surface area contributed by atoms with E-state index < -0.39 is 15.6 Å². The maximum atomic E-state index is 12.4. The van der Waals surface area contributed by atoms with Gasteiger partial charge in [0.05, 0.1) is 16.5 Å². The molecule has 0 amide bonds. The molecule has 0 aromatic heterocycles. The normalized spacial score (nSPS) is 27.7. The second kappa shape index (κ2) is 5.16. The summed E-state index contributed by atoms with van der Waals surface area (Å²) in [4.78, 5) is 0.286. The Morgan fingerprint density at radius 2 is 2.16 bits per heavy atom. The minimum absolute atomic E-state index is 0.126. The van der Waals surface area contributed by atoms with Crippen LogP contribution in [-0.4, -0.2) is 26.7 Å². The molecule has 1 aromatic carbocycles. The molecule has 1 aliphatic heterocycles. The highest BCUT2D eigenvalue weighted by Crippen LogP contribution is 2.28. The van der Waals surface area contributed by atoms with E-state index in [4.69, 9.17) is 4.74 Å². The molecule has 0 radical (unpaired) electrons. The summed E-state index contributed by atoms with van der Waals surface area (Å²) in [6.07, 6.45) is 0.557. The first kappa shape index (κ1) is 15.0. The molecule has 2 unspecified atom stereocenters. The zero-order chi connectivity index (χ0) is 14.3. The van der Waals surface area contributed by atoms with Gasteiger partial charge in [-0.05, 0) is 51.0 Å². The Hall–Kier alpha value is -0.430. The first-order chi connectivity index (χ1) is 8.74. The molecular weight excluding hydrogens is 330 g/mol. The third-order valence-electron chi connectivity index (χ3n) is 3.69. The average Bonchev–Trinajstić information content (AvgIpc) is 2.61. The van der Waals surface area contributed by atoms with Crippen LogP contribution in [0.5, 0.6) is 0 Å². The molecular formula is C13H18BrNO3S. The summed E-state index contributed by atoms with van der Waals surface area (Å²) < 4.78 is 34.0. The molecule has 2 atom stereocenters. The van der Waals surface area contributed by atoms with Gasteiger partial charge in [0.1, 0.15) is 0 Å². The number of hydrogen-bond acceptors (Lipinski definition) is 3. The Morgan fingerprint density at radius 1 is 1.47 bits per heavy atom. The number of sulfonamides is 1. The molecule has 2 rings (SSSR count). The van der Waals surface area contributed by atoms with Crippen molar-refractivity contribution in [2.24, 2.45) is 0 Å². The van der Waals surface area contributed by atoms with Gasteiger partial charge in [0.2, 0.25) is 10.0 Å². The first-order valence-corrected chi connectivity index (χ1v) is 8.44. The quantitative estimate of drug-likeness (QED) is 0.914. The van der Waals surface area contributed by atoms with Gasteiger partial charge in [0.15, 0.2) is 0 Å². The lowest BCUT2D eigenvalue weighted by Crippen LogP contribution is -2.50. The van der Waals surface area contributed by atoms with Crippen molar-refractivity contribution in [3.05, 3.63) is 28.2 Å². The van der Waals surface area contributed by atoms with Crippen molar-refractivity contribution in [3.63, 3.8) is 0 Å². The number of aryl methyl sites for hydroxylation is 1. The molecule has 19 heavy (non-hydrogen) atoms. The number of ether oxygens (including phenoxy) is 1. The molecule has 106 valence electrons. The molecule has 1 N–H and O–H groups in total. The van der Waals surface area contributed by atoms with Crippen molar-refractivity contribution in [3.8, 4) is 0 Å². The second-order valence-corrected chi connectivity index (χ2v) is 7.73. The molecule has 1 saturated heterocycles. The monoisotopic (exact) mass is 347 g/mol. The van der Waals surface area contributed by atoms with E-state index >= 15 is 0 Å². The van der Waals surface area contributed by atoms with Crippen LogP contribution >= 0.6 is 15.9 Å². The molecule has 1 aromatic rings. The summed E-state index contributed by atoms with van der Waals surface area (Å²) >= 11 is 3.37. The summed E-state index contributed by atoms with van der Waals surface area (Å²) in [5.41, 5.74) is 0.351. The van der Waals surface area contributed by atoms with Crippen molar-refractivity contribution >= 4 is 26.0 Å². The standard InChI is InChI=1S/C13H18BrNO3S/c1-9-8-11(4-5-12(9)14)19(16,17)15-13(3)6-7-18-10(13)2/h4-5,8,10,15H,6-7H2,1-3H3. The predicted molar refractivity (Wildman–Crippen MR) is 77.6 cm³/mol. The van der Waals surface area contributed by atoms with Crippen molar-refractivity contribution in [2.45, 2.75) is 43.7 Å². The van der Waals surface area contributed by atoms with Crippen molar-refractivity contribution in [1.82, 2.24) is 4.72 Å². The largest absolute Gasteiger partial charge is 0.376 e. The SMILES string of the molecule is Cc1cc(S(=O)(=O)NC2(C)CCOC2C)ccc1Br. The maximum absolute atomic E-state index is 12.4. The van der Waals surface area contributed by atoms with E-state index in [1.54, 1.807) is 18.2 Å². The van der Waals surface area contributed by atoms with Crippen LogP contribution in [0.1, 0.15) is 25.8 Å². The minimum Gasteiger partial charge on any atom is -0.376 e. The fraction of sp³-hybridized carbons (Fsp3) is 0.538. The Morgan fingerprint density at radius 3 is 2.68 bits per heavy atom. The van der Waals surface area contributed by atoms with Gasteiger partial charge < -0.3 is 4.74 Å². The van der Waals surface area contributed by atoms with Gasteiger partial charge in [-0.3, -0.25) is 0 Å². The zero-order valence-corrected chi connectivity index (χ0v) is 13.6. The van der Waals surface area contributed by atoms with E-state index in [-0.39, 0.29) is 11.0 Å². The molecule has 0 bridgehead atoms. The highest BCUT2D eigenvalue weighted by Gasteiger charge is 2.40. The summed E-state index contributed by atoms with van der Waals surface area (Å²) in [5, 5.41) is 0. The van der Waals surface area contributed by atoms with Crippen molar-refractivity contribution in [1.29, 1.82) is 0 Å². The van der Waals surface area contributed by atoms with Gasteiger partial charge in [0, 0.05) is 11.1 Å². The first-order valence-electron chi connectivity index (χ1n) is 6.16. The van der Waals surface area contributed by atoms with Gasteiger partial charge in [-0.2, -0.15) is 0 Å². The molecule has 1 aliphatic rings. The molecule has 1 fully saturated rings. The summed E-state index contributed by atoms with van der Waals surface area (Å²) in [6.45, 7) is 6.22. The molecule has 4 nitrogen and oxygen atoms in total. The third-order valence-corrected chi connectivity index (χ3v) is 6.19. The van der Waals surface area contributed by atoms with Gasteiger partial charge in [-0.25, -0.2) is 13.1 Å². The number of benzene rings is 1. The highest BCUT2D eigenvalue weighted by molar-refractivity contribution is 9.10. The summed E-state index contributed by atoms with van der Waals surface area (Å²) in [5.74, 6) is 0. The van der Waals surface area contributed by atoms with Gasteiger partial charge in [0.25, 0.3) is 0 Å². The Labute approximate surface area is 122 Å². The number of hydrogen-bond donors (Lipinski definition) is 1. The highest BCUT2D eigenvalue weighted by atomic mass is 79.9. The lowest BCUT2D eigenvalue weighted by atomic mass is 9.97. The van der Waals surface area contributed by atoms with Gasteiger partial charge in [-0.15, -0.1) is 0 Å². The van der Waals surface area contributed by atoms with Crippen LogP contribution in [0, 0.1) is 6.92 Å². The van der Waals surface area contributed by atoms with Crippen LogP contribution in [0.3, 0.4) is 0 Å². The van der Waals surface area contributed by atoms with E-state index in [0.29, 0.717) is 13.0 Å². The molecule has 0 saturated carbocycles. The number of halogens is 1. The second-order valence-electron chi connectivity index (χ2n) is 5.20. The van der Waals surface area contributed by atoms with E-state index in [1.807, 2.05) is 20.8 Å². The van der Waals surface area contributed by atoms with E-state index in [2.05, 4.69) is 20.7 Å². The Balaban J connectivity index is 2.30. The lowest BCUT2D eigenvalue weighted by Gasteiger charge is -2.28.